The first-order valence-corrected chi connectivity index (χ1v) is 8.28. The van der Waals surface area contributed by atoms with Gasteiger partial charge in [0.15, 0.2) is 0 Å². The summed E-state index contributed by atoms with van der Waals surface area (Å²) in [5, 5.41) is 1.75. The van der Waals surface area contributed by atoms with E-state index in [1.165, 1.54) is 43.4 Å². The van der Waals surface area contributed by atoms with Crippen molar-refractivity contribution in [1.82, 2.24) is 4.98 Å². The number of amides is 1. The SMILES string of the molecule is NC(=O)c1sc2cnccc2c1SC1CCCCC1. The van der Waals surface area contributed by atoms with Crippen molar-refractivity contribution < 1.29 is 4.79 Å². The number of carbonyl (C=O) groups is 1. The molecule has 2 N–H and O–H groups in total. The van der Waals surface area contributed by atoms with E-state index in [1.54, 1.807) is 6.20 Å². The number of primary amides is 1. The predicted octanol–water partition coefficient (Wildman–Crippen LogP) is 3.82. The molecule has 2 aromatic heterocycles. The molecule has 0 saturated heterocycles. The summed E-state index contributed by atoms with van der Waals surface area (Å²) in [5.41, 5.74) is 5.52. The molecule has 0 bridgehead atoms. The first-order valence-electron chi connectivity index (χ1n) is 6.58. The second-order valence-corrected chi connectivity index (χ2v) is 7.24. The number of hydrogen-bond acceptors (Lipinski definition) is 4. The lowest BCUT2D eigenvalue weighted by atomic mass is 10.0. The summed E-state index contributed by atoms with van der Waals surface area (Å²) >= 11 is 3.30. The second-order valence-electron chi connectivity index (χ2n) is 4.87. The van der Waals surface area contributed by atoms with Crippen LogP contribution >= 0.6 is 23.1 Å². The topological polar surface area (TPSA) is 56.0 Å². The molecule has 1 fully saturated rings. The smallest absolute Gasteiger partial charge is 0.259 e. The highest BCUT2D eigenvalue weighted by Gasteiger charge is 2.22. The molecule has 0 aliphatic heterocycles. The van der Waals surface area contributed by atoms with Crippen molar-refractivity contribution in [2.45, 2.75) is 42.2 Å². The molecule has 1 saturated carbocycles. The van der Waals surface area contributed by atoms with Crippen LogP contribution < -0.4 is 5.73 Å². The van der Waals surface area contributed by atoms with Gasteiger partial charge in [-0.3, -0.25) is 9.78 Å². The van der Waals surface area contributed by atoms with Crippen LogP contribution in [0.15, 0.2) is 23.4 Å². The van der Waals surface area contributed by atoms with Gasteiger partial charge in [0.1, 0.15) is 4.88 Å². The summed E-state index contributed by atoms with van der Waals surface area (Å²) in [6, 6.07) is 1.99. The Balaban J connectivity index is 1.99. The maximum absolute atomic E-state index is 11.6. The summed E-state index contributed by atoms with van der Waals surface area (Å²) in [6.45, 7) is 0. The van der Waals surface area contributed by atoms with E-state index in [4.69, 9.17) is 5.73 Å². The van der Waals surface area contributed by atoms with E-state index in [1.807, 2.05) is 24.0 Å². The fourth-order valence-electron chi connectivity index (χ4n) is 2.56. The molecule has 0 atom stereocenters. The Morgan fingerprint density at radius 1 is 1.37 bits per heavy atom. The van der Waals surface area contributed by atoms with Crippen LogP contribution in [-0.2, 0) is 0 Å². The lowest BCUT2D eigenvalue weighted by molar-refractivity contribution is 0.100. The van der Waals surface area contributed by atoms with E-state index in [2.05, 4.69) is 4.98 Å². The fraction of sp³-hybridized carbons (Fsp3) is 0.429. The van der Waals surface area contributed by atoms with Gasteiger partial charge in [0, 0.05) is 27.9 Å². The van der Waals surface area contributed by atoms with Gasteiger partial charge in [-0.15, -0.1) is 23.1 Å². The zero-order chi connectivity index (χ0) is 13.2. The molecule has 5 heteroatoms. The van der Waals surface area contributed by atoms with Gasteiger partial charge in [0.2, 0.25) is 0 Å². The number of nitrogens with two attached hydrogens (primary N) is 1. The van der Waals surface area contributed by atoms with E-state index >= 15 is 0 Å². The van der Waals surface area contributed by atoms with Crippen molar-refractivity contribution in [3.8, 4) is 0 Å². The lowest BCUT2D eigenvalue weighted by Gasteiger charge is -2.21. The van der Waals surface area contributed by atoms with Crippen LogP contribution in [0.5, 0.6) is 0 Å². The Labute approximate surface area is 120 Å². The molecule has 1 aliphatic rings. The van der Waals surface area contributed by atoms with E-state index in [0.717, 1.165) is 15.0 Å². The Morgan fingerprint density at radius 3 is 2.89 bits per heavy atom. The monoisotopic (exact) mass is 292 g/mol. The Bertz CT molecular complexity index is 603. The highest BCUT2D eigenvalue weighted by molar-refractivity contribution is 8.00. The predicted molar refractivity (Wildman–Crippen MR) is 80.9 cm³/mol. The average molecular weight is 292 g/mol. The zero-order valence-corrected chi connectivity index (χ0v) is 12.2. The van der Waals surface area contributed by atoms with Gasteiger partial charge in [0.25, 0.3) is 5.91 Å². The summed E-state index contributed by atoms with van der Waals surface area (Å²) in [5.74, 6) is -0.320. The first kappa shape index (κ1) is 12.9. The normalized spacial score (nSPS) is 16.8. The number of hydrogen-bond donors (Lipinski definition) is 1. The van der Waals surface area contributed by atoms with Crippen molar-refractivity contribution in [2.75, 3.05) is 0 Å². The van der Waals surface area contributed by atoms with Crippen LogP contribution in [0.25, 0.3) is 10.1 Å². The van der Waals surface area contributed by atoms with Gasteiger partial charge < -0.3 is 5.73 Å². The highest BCUT2D eigenvalue weighted by atomic mass is 32.2. The molecule has 3 nitrogen and oxygen atoms in total. The minimum absolute atomic E-state index is 0.320. The third kappa shape index (κ3) is 2.62. The van der Waals surface area contributed by atoms with E-state index in [9.17, 15) is 4.79 Å². The minimum Gasteiger partial charge on any atom is -0.365 e. The molecule has 0 aromatic carbocycles. The third-order valence-electron chi connectivity index (χ3n) is 3.51. The number of rotatable bonds is 3. The molecule has 3 rings (SSSR count). The molecule has 1 aliphatic carbocycles. The van der Waals surface area contributed by atoms with Gasteiger partial charge in [-0.25, -0.2) is 0 Å². The van der Waals surface area contributed by atoms with E-state index < -0.39 is 0 Å². The molecular weight excluding hydrogens is 276 g/mol. The van der Waals surface area contributed by atoms with Crippen LogP contribution in [0.2, 0.25) is 0 Å². The number of aromatic nitrogens is 1. The van der Waals surface area contributed by atoms with Crippen molar-refractivity contribution in [3.63, 3.8) is 0 Å². The van der Waals surface area contributed by atoms with Gasteiger partial charge in [-0.2, -0.15) is 0 Å². The van der Waals surface area contributed by atoms with Crippen LogP contribution in [-0.4, -0.2) is 16.1 Å². The molecule has 0 spiro atoms. The molecule has 0 radical (unpaired) electrons. The summed E-state index contributed by atoms with van der Waals surface area (Å²) in [6.07, 6.45) is 10.0. The third-order valence-corrected chi connectivity index (χ3v) is 6.26. The number of fused-ring (bicyclic) bond motifs is 1. The van der Waals surface area contributed by atoms with Crippen LogP contribution in [0.1, 0.15) is 41.8 Å². The van der Waals surface area contributed by atoms with Crippen molar-refractivity contribution >= 4 is 39.1 Å². The molecule has 2 aromatic rings. The summed E-state index contributed by atoms with van der Waals surface area (Å²) in [4.78, 5) is 17.5. The molecule has 2 heterocycles. The second kappa shape index (κ2) is 5.51. The molecule has 0 unspecified atom stereocenters. The first-order chi connectivity index (χ1) is 9.25. The van der Waals surface area contributed by atoms with Gasteiger partial charge in [-0.1, -0.05) is 19.3 Å². The van der Waals surface area contributed by atoms with Crippen molar-refractivity contribution in [1.29, 1.82) is 0 Å². The fourth-order valence-corrected chi connectivity index (χ4v) is 5.22. The van der Waals surface area contributed by atoms with Gasteiger partial charge in [0.05, 0.1) is 4.70 Å². The van der Waals surface area contributed by atoms with Crippen molar-refractivity contribution in [2.24, 2.45) is 5.73 Å². The van der Waals surface area contributed by atoms with E-state index in [-0.39, 0.29) is 5.91 Å². The Hall–Kier alpha value is -1.07. The maximum Gasteiger partial charge on any atom is 0.259 e. The summed E-state index contributed by atoms with van der Waals surface area (Å²) < 4.78 is 1.05. The standard InChI is InChI=1S/C14H16N2OS2/c15-14(17)13-12(18-9-4-2-1-3-5-9)10-6-7-16-8-11(10)19-13/h6-9H,1-5H2,(H2,15,17). The average Bonchev–Trinajstić information content (AvgIpc) is 2.79. The number of pyridine rings is 1. The lowest BCUT2D eigenvalue weighted by Crippen LogP contribution is -2.12. The summed E-state index contributed by atoms with van der Waals surface area (Å²) in [7, 11) is 0. The van der Waals surface area contributed by atoms with Crippen LogP contribution in [0.3, 0.4) is 0 Å². The maximum atomic E-state index is 11.6. The van der Waals surface area contributed by atoms with Crippen molar-refractivity contribution in [3.05, 3.63) is 23.3 Å². The highest BCUT2D eigenvalue weighted by Crippen LogP contribution is 2.42. The van der Waals surface area contributed by atoms with E-state index in [0.29, 0.717) is 10.1 Å². The zero-order valence-electron chi connectivity index (χ0n) is 10.6. The molecule has 100 valence electrons. The van der Waals surface area contributed by atoms with Gasteiger partial charge >= 0.3 is 0 Å². The number of thiophene rings is 1. The van der Waals surface area contributed by atoms with Gasteiger partial charge in [-0.05, 0) is 18.9 Å². The van der Waals surface area contributed by atoms with Crippen LogP contribution in [0.4, 0.5) is 0 Å². The quantitative estimate of drug-likeness (QED) is 0.935. The largest absolute Gasteiger partial charge is 0.365 e. The number of carbonyl (C=O) groups excluding carboxylic acids is 1. The molecular formula is C14H16N2OS2. The minimum atomic E-state index is -0.320. The molecule has 1 amide bonds. The number of nitrogens with zero attached hydrogens (tertiary/aromatic N) is 1. The van der Waals surface area contributed by atoms with Crippen LogP contribution in [0, 0.1) is 0 Å². The Morgan fingerprint density at radius 2 is 2.16 bits per heavy atom. The Kier molecular flexibility index (Phi) is 3.75. The number of thioether (sulfide) groups is 1. The molecule has 19 heavy (non-hydrogen) atoms.